The van der Waals surface area contributed by atoms with Gasteiger partial charge in [0.15, 0.2) is 11.7 Å². The monoisotopic (exact) mass is 338 g/mol. The summed E-state index contributed by atoms with van der Waals surface area (Å²) in [5.41, 5.74) is 20.0. The lowest BCUT2D eigenvalue weighted by atomic mass is 10.2. The Morgan fingerprint density at radius 3 is 2.28 bits per heavy atom. The number of nitrogens with two attached hydrogens (primary N) is 3. The van der Waals surface area contributed by atoms with E-state index in [1.807, 2.05) is 37.3 Å². The Hall–Kier alpha value is -3.62. The molecular weight excluding hydrogens is 320 g/mol. The minimum absolute atomic E-state index is 0.0755. The second kappa shape index (κ2) is 6.48. The van der Waals surface area contributed by atoms with Crippen LogP contribution in [0.3, 0.4) is 0 Å². The van der Waals surface area contributed by atoms with Crippen LogP contribution in [0.15, 0.2) is 46.4 Å². The molecule has 128 valence electrons. The van der Waals surface area contributed by atoms with E-state index < -0.39 is 0 Å². The summed E-state index contributed by atoms with van der Waals surface area (Å²) in [4.78, 5) is 9.45. The highest BCUT2D eigenvalue weighted by atomic mass is 16.5. The summed E-state index contributed by atoms with van der Waals surface area (Å²) in [6.45, 7) is 1.92. The van der Waals surface area contributed by atoms with Gasteiger partial charge in [-0.05, 0) is 36.8 Å². The van der Waals surface area contributed by atoms with Crippen LogP contribution >= 0.6 is 0 Å². The van der Waals surface area contributed by atoms with Crippen LogP contribution in [-0.4, -0.2) is 34.0 Å². The molecule has 0 atom stereocenters. The van der Waals surface area contributed by atoms with Crippen LogP contribution in [0.25, 0.3) is 16.7 Å². The maximum absolute atomic E-state index is 5.74. The zero-order valence-electron chi connectivity index (χ0n) is 13.8. The number of methoxy groups -OCH3 is 1. The molecule has 3 rings (SSSR count). The molecule has 0 aliphatic heterocycles. The van der Waals surface area contributed by atoms with E-state index in [2.05, 4.69) is 20.2 Å². The summed E-state index contributed by atoms with van der Waals surface area (Å²) < 4.78 is 5.51. The Kier molecular flexibility index (Phi) is 4.21. The minimum Gasteiger partial charge on any atom is -0.492 e. The first-order chi connectivity index (χ1) is 12.0. The first-order valence-electron chi connectivity index (χ1n) is 7.43. The van der Waals surface area contributed by atoms with E-state index >= 15 is 0 Å². The third kappa shape index (κ3) is 3.34. The van der Waals surface area contributed by atoms with Crippen molar-refractivity contribution < 1.29 is 4.74 Å². The molecule has 1 heterocycles. The fourth-order valence-electron chi connectivity index (χ4n) is 2.42. The summed E-state index contributed by atoms with van der Waals surface area (Å²) in [7, 11) is 1.53. The van der Waals surface area contributed by atoms with E-state index in [-0.39, 0.29) is 11.9 Å². The number of aliphatic imine (C=N–C) groups is 2. The number of benzene rings is 2. The van der Waals surface area contributed by atoms with Crippen molar-refractivity contribution in [2.45, 2.75) is 6.92 Å². The van der Waals surface area contributed by atoms with Crippen LogP contribution in [-0.2, 0) is 0 Å². The van der Waals surface area contributed by atoms with Gasteiger partial charge in [0.1, 0.15) is 22.4 Å². The van der Waals surface area contributed by atoms with Crippen LogP contribution < -0.4 is 21.9 Å². The van der Waals surface area contributed by atoms with Crippen molar-refractivity contribution in [3.8, 4) is 11.4 Å². The van der Waals surface area contributed by atoms with Gasteiger partial charge in [0.2, 0.25) is 5.96 Å². The van der Waals surface area contributed by atoms with Gasteiger partial charge in [-0.2, -0.15) is 4.99 Å². The number of ether oxygens (including phenoxy) is 1. The molecule has 0 aliphatic rings. The van der Waals surface area contributed by atoms with Gasteiger partial charge in [-0.3, -0.25) is 0 Å². The Morgan fingerprint density at radius 1 is 1.08 bits per heavy atom. The standard InChI is InChI=1S/C16H18N8O/c1-9-7-12(20-16(19)21-15(17)18)14(25-2)13(8-9)24-22-10-5-3-4-6-11(10)23-24/h3-8H,1-2H3,(H6,17,18,19,20,21). The van der Waals surface area contributed by atoms with Gasteiger partial charge in [0.25, 0.3) is 0 Å². The zero-order chi connectivity index (χ0) is 18.0. The molecule has 0 unspecified atom stereocenters. The van der Waals surface area contributed by atoms with Crippen molar-refractivity contribution >= 4 is 28.6 Å². The Bertz CT molecular complexity index is 952. The van der Waals surface area contributed by atoms with Crippen molar-refractivity contribution in [1.29, 1.82) is 0 Å². The minimum atomic E-state index is -0.173. The fraction of sp³-hybridized carbons (Fsp3) is 0.125. The number of aromatic nitrogens is 3. The van der Waals surface area contributed by atoms with Crippen molar-refractivity contribution in [2.75, 3.05) is 7.11 Å². The van der Waals surface area contributed by atoms with Gasteiger partial charge < -0.3 is 21.9 Å². The fourth-order valence-corrected chi connectivity index (χ4v) is 2.42. The normalized spacial score (nSPS) is 11.5. The van der Waals surface area contributed by atoms with Crippen molar-refractivity contribution in [2.24, 2.45) is 27.2 Å². The first-order valence-corrected chi connectivity index (χ1v) is 7.43. The molecule has 3 aromatic rings. The van der Waals surface area contributed by atoms with Gasteiger partial charge in [-0.15, -0.1) is 15.0 Å². The molecule has 25 heavy (non-hydrogen) atoms. The molecule has 0 spiro atoms. The highest BCUT2D eigenvalue weighted by Crippen LogP contribution is 2.35. The number of guanidine groups is 2. The van der Waals surface area contributed by atoms with Gasteiger partial charge >= 0.3 is 0 Å². The highest BCUT2D eigenvalue weighted by molar-refractivity contribution is 5.94. The molecule has 9 nitrogen and oxygen atoms in total. The number of fused-ring (bicyclic) bond motifs is 1. The molecule has 0 bridgehead atoms. The molecule has 6 N–H and O–H groups in total. The Morgan fingerprint density at radius 2 is 1.72 bits per heavy atom. The molecule has 1 aromatic heterocycles. The topological polar surface area (TPSA) is 143 Å². The molecule has 9 heteroatoms. The molecule has 0 saturated heterocycles. The van der Waals surface area contributed by atoms with E-state index in [4.69, 9.17) is 21.9 Å². The molecular formula is C16H18N8O. The van der Waals surface area contributed by atoms with E-state index in [0.717, 1.165) is 16.6 Å². The maximum Gasteiger partial charge on any atom is 0.223 e. The van der Waals surface area contributed by atoms with Gasteiger partial charge in [-0.1, -0.05) is 12.1 Å². The van der Waals surface area contributed by atoms with Crippen LogP contribution in [0.5, 0.6) is 5.75 Å². The number of hydrogen-bond acceptors (Lipinski definition) is 4. The van der Waals surface area contributed by atoms with Crippen LogP contribution in [0.4, 0.5) is 5.69 Å². The third-order valence-electron chi connectivity index (χ3n) is 3.38. The average Bonchev–Trinajstić information content (AvgIpc) is 2.97. The summed E-state index contributed by atoms with van der Waals surface area (Å²) in [6.07, 6.45) is 0. The van der Waals surface area contributed by atoms with E-state index in [1.54, 1.807) is 6.07 Å². The first kappa shape index (κ1) is 16.2. The van der Waals surface area contributed by atoms with Crippen LogP contribution in [0.2, 0.25) is 0 Å². The molecule has 2 aromatic carbocycles. The predicted molar refractivity (Wildman–Crippen MR) is 97.2 cm³/mol. The van der Waals surface area contributed by atoms with Gasteiger partial charge in [-0.25, -0.2) is 4.99 Å². The zero-order valence-corrected chi connectivity index (χ0v) is 13.8. The summed E-state index contributed by atoms with van der Waals surface area (Å²) in [6, 6.07) is 11.3. The lowest BCUT2D eigenvalue weighted by Gasteiger charge is -2.11. The largest absolute Gasteiger partial charge is 0.492 e. The summed E-state index contributed by atoms with van der Waals surface area (Å²) in [5.74, 6) is 0.209. The van der Waals surface area contributed by atoms with E-state index in [0.29, 0.717) is 17.1 Å². The quantitative estimate of drug-likeness (QED) is 0.479. The lowest BCUT2D eigenvalue weighted by Crippen LogP contribution is -2.26. The predicted octanol–water partition coefficient (Wildman–Crippen LogP) is 0.957. The molecule has 0 fully saturated rings. The van der Waals surface area contributed by atoms with Gasteiger partial charge in [0, 0.05) is 0 Å². The number of rotatable bonds is 3. The Labute approximate surface area is 143 Å². The van der Waals surface area contributed by atoms with Crippen molar-refractivity contribution in [3.63, 3.8) is 0 Å². The van der Waals surface area contributed by atoms with Gasteiger partial charge in [0.05, 0.1) is 7.11 Å². The highest BCUT2D eigenvalue weighted by Gasteiger charge is 2.15. The summed E-state index contributed by atoms with van der Waals surface area (Å²) in [5, 5.41) is 8.96. The number of hydrogen-bond donors (Lipinski definition) is 3. The Balaban J connectivity index is 2.18. The maximum atomic E-state index is 5.74. The van der Waals surface area contributed by atoms with Crippen LogP contribution in [0, 0.1) is 6.92 Å². The van der Waals surface area contributed by atoms with E-state index in [1.165, 1.54) is 11.9 Å². The molecule has 0 aliphatic carbocycles. The number of aryl methyl sites for hydroxylation is 1. The van der Waals surface area contributed by atoms with Crippen molar-refractivity contribution in [1.82, 2.24) is 15.0 Å². The SMILES string of the molecule is COc1c(N=C(N)N=C(N)N)cc(C)cc1-n1nc2ccccc2n1. The lowest BCUT2D eigenvalue weighted by molar-refractivity contribution is 0.411. The molecule has 0 amide bonds. The second-order valence-corrected chi connectivity index (χ2v) is 5.32. The molecule has 0 saturated carbocycles. The average molecular weight is 338 g/mol. The smallest absolute Gasteiger partial charge is 0.223 e. The second-order valence-electron chi connectivity index (χ2n) is 5.32. The summed E-state index contributed by atoms with van der Waals surface area (Å²) >= 11 is 0. The van der Waals surface area contributed by atoms with E-state index in [9.17, 15) is 0 Å². The van der Waals surface area contributed by atoms with Crippen molar-refractivity contribution in [3.05, 3.63) is 42.0 Å². The number of nitrogens with zero attached hydrogens (tertiary/aromatic N) is 5. The van der Waals surface area contributed by atoms with Crippen LogP contribution in [0.1, 0.15) is 5.56 Å². The molecule has 0 radical (unpaired) electrons. The third-order valence-corrected chi connectivity index (χ3v) is 3.38.